The number of aromatic amines is 1. The molecule has 114 valence electrons. The number of aromatic nitrogens is 2. The summed E-state index contributed by atoms with van der Waals surface area (Å²) in [4.78, 5) is 36.3. The molecule has 2 aliphatic heterocycles. The van der Waals surface area contributed by atoms with Crippen LogP contribution < -0.4 is 11.2 Å². The number of nitrogens with zero attached hydrogens (tertiary/aromatic N) is 1. The molecule has 3 rings (SSSR count). The summed E-state index contributed by atoms with van der Waals surface area (Å²) in [5.74, 6) is -0.559. The summed E-state index contributed by atoms with van der Waals surface area (Å²) in [5.41, 5.74) is -1.24. The average Bonchev–Trinajstić information content (AvgIpc) is 2.91. The molecule has 5 atom stereocenters. The minimum Gasteiger partial charge on any atom is -0.455 e. The van der Waals surface area contributed by atoms with E-state index in [2.05, 4.69) is 4.98 Å². The summed E-state index contributed by atoms with van der Waals surface area (Å²) in [5, 5.41) is 9.79. The van der Waals surface area contributed by atoms with Crippen LogP contribution in [0.15, 0.2) is 21.9 Å². The SMILES string of the molecule is CC(=O)O[C@@H]1[C@H]2OC[C@@H](O)[C@H]2O[C@H]1n1ccc(=O)[nH]c1=O. The second-order valence-corrected chi connectivity index (χ2v) is 4.95. The smallest absolute Gasteiger partial charge is 0.330 e. The highest BCUT2D eigenvalue weighted by atomic mass is 16.6. The van der Waals surface area contributed by atoms with Gasteiger partial charge >= 0.3 is 11.7 Å². The fraction of sp³-hybridized carbons (Fsp3) is 0.583. The Balaban J connectivity index is 1.97. The van der Waals surface area contributed by atoms with E-state index in [1.54, 1.807) is 0 Å². The predicted octanol–water partition coefficient (Wildman–Crippen LogP) is -1.87. The molecule has 2 N–H and O–H groups in total. The Morgan fingerprint density at radius 2 is 2.24 bits per heavy atom. The summed E-state index contributed by atoms with van der Waals surface area (Å²) in [7, 11) is 0. The Bertz CT molecular complexity index is 666. The van der Waals surface area contributed by atoms with Crippen molar-refractivity contribution in [2.45, 2.75) is 37.6 Å². The van der Waals surface area contributed by atoms with Crippen molar-refractivity contribution in [1.82, 2.24) is 9.55 Å². The lowest BCUT2D eigenvalue weighted by atomic mass is 10.1. The van der Waals surface area contributed by atoms with E-state index in [1.807, 2.05) is 0 Å². The molecular formula is C12H14N2O7. The molecule has 9 heteroatoms. The van der Waals surface area contributed by atoms with Crippen molar-refractivity contribution in [3.63, 3.8) is 0 Å². The van der Waals surface area contributed by atoms with Crippen LogP contribution in [0.25, 0.3) is 0 Å². The Labute approximate surface area is 118 Å². The standard InChI is InChI=1S/C12H14N2O7/c1-5(15)20-10-9-8(6(16)4-19-9)21-11(10)14-3-2-7(17)13-12(14)18/h2-3,6,8-11,16H,4H2,1H3,(H,13,17,18)/t6-,8-,9+,10-,11-/m1/s1. The monoisotopic (exact) mass is 298 g/mol. The van der Waals surface area contributed by atoms with E-state index in [0.717, 1.165) is 10.6 Å². The molecule has 0 amide bonds. The quantitative estimate of drug-likeness (QED) is 0.613. The molecule has 0 saturated carbocycles. The largest absolute Gasteiger partial charge is 0.455 e. The van der Waals surface area contributed by atoms with Gasteiger partial charge < -0.3 is 19.3 Å². The first-order chi connectivity index (χ1) is 9.97. The second-order valence-electron chi connectivity index (χ2n) is 4.95. The number of H-pyrrole nitrogens is 1. The molecule has 0 aromatic carbocycles. The van der Waals surface area contributed by atoms with Crippen LogP contribution in [0.1, 0.15) is 13.2 Å². The van der Waals surface area contributed by atoms with Crippen molar-refractivity contribution in [2.75, 3.05) is 6.61 Å². The van der Waals surface area contributed by atoms with E-state index in [-0.39, 0.29) is 6.61 Å². The van der Waals surface area contributed by atoms with Gasteiger partial charge in [0.25, 0.3) is 5.56 Å². The van der Waals surface area contributed by atoms with Gasteiger partial charge in [-0.05, 0) is 0 Å². The summed E-state index contributed by atoms with van der Waals surface area (Å²) in [6, 6.07) is 1.15. The molecule has 2 fully saturated rings. The lowest BCUT2D eigenvalue weighted by Gasteiger charge is -2.22. The Morgan fingerprint density at radius 1 is 1.48 bits per heavy atom. The van der Waals surface area contributed by atoms with Gasteiger partial charge in [-0.3, -0.25) is 19.1 Å². The number of hydrogen-bond acceptors (Lipinski definition) is 7. The first kappa shape index (κ1) is 14.0. The van der Waals surface area contributed by atoms with Gasteiger partial charge in [0.1, 0.15) is 18.3 Å². The average molecular weight is 298 g/mol. The molecule has 0 bridgehead atoms. The molecule has 0 radical (unpaired) electrons. The maximum atomic E-state index is 11.8. The molecular weight excluding hydrogens is 284 g/mol. The first-order valence-electron chi connectivity index (χ1n) is 6.41. The maximum Gasteiger partial charge on any atom is 0.330 e. The number of fused-ring (bicyclic) bond motifs is 1. The molecule has 0 spiro atoms. The molecule has 21 heavy (non-hydrogen) atoms. The molecule has 2 saturated heterocycles. The highest BCUT2D eigenvalue weighted by molar-refractivity contribution is 5.66. The summed E-state index contributed by atoms with van der Waals surface area (Å²) in [6.07, 6.45) is -2.82. The highest BCUT2D eigenvalue weighted by Gasteiger charge is 2.55. The van der Waals surface area contributed by atoms with Crippen molar-refractivity contribution in [1.29, 1.82) is 0 Å². The van der Waals surface area contributed by atoms with Gasteiger partial charge in [-0.15, -0.1) is 0 Å². The number of carbonyl (C=O) groups excluding carboxylic acids is 1. The van der Waals surface area contributed by atoms with Crippen molar-refractivity contribution >= 4 is 5.97 Å². The van der Waals surface area contributed by atoms with Gasteiger partial charge in [0.05, 0.1) is 6.61 Å². The topological polar surface area (TPSA) is 120 Å². The van der Waals surface area contributed by atoms with Crippen LogP contribution in [0.5, 0.6) is 0 Å². The third-order valence-corrected chi connectivity index (χ3v) is 3.49. The molecule has 9 nitrogen and oxygen atoms in total. The van der Waals surface area contributed by atoms with Gasteiger partial charge in [0, 0.05) is 19.2 Å². The normalized spacial score (nSPS) is 34.7. The number of hydrogen-bond donors (Lipinski definition) is 2. The molecule has 1 aromatic rings. The van der Waals surface area contributed by atoms with Gasteiger partial charge in [-0.25, -0.2) is 4.79 Å². The number of ether oxygens (including phenoxy) is 3. The second kappa shape index (κ2) is 5.10. The Hall–Kier alpha value is -1.97. The fourth-order valence-corrected chi connectivity index (χ4v) is 2.64. The van der Waals surface area contributed by atoms with Crippen LogP contribution in [-0.2, 0) is 19.0 Å². The van der Waals surface area contributed by atoms with E-state index in [0.29, 0.717) is 0 Å². The molecule has 2 aliphatic rings. The van der Waals surface area contributed by atoms with Gasteiger partial charge in [0.2, 0.25) is 0 Å². The molecule has 3 heterocycles. The van der Waals surface area contributed by atoms with Crippen LogP contribution in [0.2, 0.25) is 0 Å². The van der Waals surface area contributed by atoms with Crippen molar-refractivity contribution < 1.29 is 24.1 Å². The van der Waals surface area contributed by atoms with Crippen LogP contribution in [0, 0.1) is 0 Å². The zero-order valence-corrected chi connectivity index (χ0v) is 11.1. The van der Waals surface area contributed by atoms with E-state index in [1.165, 1.54) is 13.1 Å². The van der Waals surface area contributed by atoms with Crippen LogP contribution in [0.3, 0.4) is 0 Å². The zero-order chi connectivity index (χ0) is 15.1. The van der Waals surface area contributed by atoms with Gasteiger partial charge in [-0.2, -0.15) is 0 Å². The number of rotatable bonds is 2. The van der Waals surface area contributed by atoms with E-state index in [9.17, 15) is 19.5 Å². The number of carbonyl (C=O) groups is 1. The minimum absolute atomic E-state index is 0.0698. The van der Waals surface area contributed by atoms with E-state index >= 15 is 0 Å². The lowest BCUT2D eigenvalue weighted by Crippen LogP contribution is -2.39. The van der Waals surface area contributed by atoms with Crippen molar-refractivity contribution in [3.05, 3.63) is 33.1 Å². The highest BCUT2D eigenvalue weighted by Crippen LogP contribution is 2.37. The van der Waals surface area contributed by atoms with Crippen LogP contribution in [-0.4, -0.2) is 51.6 Å². The summed E-state index contributed by atoms with van der Waals surface area (Å²) < 4.78 is 17.3. The van der Waals surface area contributed by atoms with E-state index in [4.69, 9.17) is 14.2 Å². The van der Waals surface area contributed by atoms with E-state index < -0.39 is 47.9 Å². The fourth-order valence-electron chi connectivity index (χ4n) is 2.64. The summed E-state index contributed by atoms with van der Waals surface area (Å²) >= 11 is 0. The minimum atomic E-state index is -0.969. The third-order valence-electron chi connectivity index (χ3n) is 3.49. The number of esters is 1. The molecule has 0 unspecified atom stereocenters. The predicted molar refractivity (Wildman–Crippen MR) is 66.5 cm³/mol. The molecule has 1 aromatic heterocycles. The van der Waals surface area contributed by atoms with Crippen LogP contribution >= 0.6 is 0 Å². The van der Waals surface area contributed by atoms with Crippen molar-refractivity contribution in [2.24, 2.45) is 0 Å². The maximum absolute atomic E-state index is 11.8. The molecule has 0 aliphatic carbocycles. The number of aliphatic hydroxyl groups is 1. The van der Waals surface area contributed by atoms with Crippen molar-refractivity contribution in [3.8, 4) is 0 Å². The van der Waals surface area contributed by atoms with Crippen LogP contribution in [0.4, 0.5) is 0 Å². The van der Waals surface area contributed by atoms with Gasteiger partial charge in [0.15, 0.2) is 12.3 Å². The Kier molecular flexibility index (Phi) is 3.40. The van der Waals surface area contributed by atoms with Gasteiger partial charge in [-0.1, -0.05) is 0 Å². The number of aliphatic hydroxyl groups excluding tert-OH is 1. The lowest BCUT2D eigenvalue weighted by molar-refractivity contribution is -0.159. The first-order valence-corrected chi connectivity index (χ1v) is 6.41. The summed E-state index contributed by atoms with van der Waals surface area (Å²) in [6.45, 7) is 1.30. The third kappa shape index (κ3) is 2.39. The number of nitrogens with one attached hydrogen (secondary N) is 1. The zero-order valence-electron chi connectivity index (χ0n) is 11.1. The Morgan fingerprint density at radius 3 is 2.90 bits per heavy atom.